The summed E-state index contributed by atoms with van der Waals surface area (Å²) in [4.78, 5) is 0. The molecule has 1 aliphatic carbocycles. The largest absolute Gasteiger partial charge is 0.326 e. The van der Waals surface area contributed by atoms with Gasteiger partial charge in [0.1, 0.15) is 0 Å². The van der Waals surface area contributed by atoms with Crippen molar-refractivity contribution in [2.24, 2.45) is 23.0 Å². The molecule has 1 spiro atoms. The monoisotopic (exact) mass is 182 g/mol. The van der Waals surface area contributed by atoms with E-state index in [0.717, 1.165) is 24.9 Å². The highest BCUT2D eigenvalue weighted by atomic mass is 15.0. The molecule has 1 saturated heterocycles. The zero-order valence-corrected chi connectivity index (χ0v) is 8.84. The molecule has 3 unspecified atom stereocenters. The van der Waals surface area contributed by atoms with Crippen LogP contribution in [0.1, 0.15) is 33.1 Å². The molecule has 1 saturated carbocycles. The van der Waals surface area contributed by atoms with Gasteiger partial charge in [-0.15, -0.1) is 0 Å². The molecule has 3 N–H and O–H groups in total. The molecular weight excluding hydrogens is 160 g/mol. The Bertz CT molecular complexity index is 181. The highest BCUT2D eigenvalue weighted by Crippen LogP contribution is 2.45. The first-order chi connectivity index (χ1) is 6.12. The van der Waals surface area contributed by atoms with E-state index in [1.165, 1.54) is 19.3 Å². The summed E-state index contributed by atoms with van der Waals surface area (Å²) >= 11 is 0. The van der Waals surface area contributed by atoms with Crippen molar-refractivity contribution in [1.29, 1.82) is 0 Å². The molecule has 2 nitrogen and oxygen atoms in total. The smallest absolute Gasteiger partial charge is 0.0235 e. The lowest BCUT2D eigenvalue weighted by molar-refractivity contribution is 0.108. The van der Waals surface area contributed by atoms with Crippen molar-refractivity contribution in [2.75, 3.05) is 13.1 Å². The van der Waals surface area contributed by atoms with E-state index in [1.807, 2.05) is 0 Å². The Hall–Kier alpha value is -0.0800. The van der Waals surface area contributed by atoms with Gasteiger partial charge >= 0.3 is 0 Å². The lowest BCUT2D eigenvalue weighted by atomic mass is 9.64. The fourth-order valence-corrected chi connectivity index (χ4v) is 3.60. The summed E-state index contributed by atoms with van der Waals surface area (Å²) < 4.78 is 0. The number of rotatable bonds is 0. The van der Waals surface area contributed by atoms with E-state index in [2.05, 4.69) is 19.2 Å². The Morgan fingerprint density at radius 3 is 2.31 bits per heavy atom. The van der Waals surface area contributed by atoms with Crippen molar-refractivity contribution in [3.05, 3.63) is 0 Å². The van der Waals surface area contributed by atoms with Crippen molar-refractivity contribution in [3.8, 4) is 0 Å². The van der Waals surface area contributed by atoms with Crippen LogP contribution < -0.4 is 11.1 Å². The summed E-state index contributed by atoms with van der Waals surface area (Å²) in [6, 6.07) is 0.401. The van der Waals surface area contributed by atoms with Gasteiger partial charge in [-0.1, -0.05) is 13.8 Å². The van der Waals surface area contributed by atoms with Gasteiger partial charge in [0.05, 0.1) is 0 Å². The van der Waals surface area contributed by atoms with E-state index < -0.39 is 0 Å². The van der Waals surface area contributed by atoms with Crippen LogP contribution in [0.15, 0.2) is 0 Å². The Kier molecular flexibility index (Phi) is 2.37. The van der Waals surface area contributed by atoms with Crippen LogP contribution >= 0.6 is 0 Å². The van der Waals surface area contributed by atoms with Crippen molar-refractivity contribution in [1.82, 2.24) is 5.32 Å². The first kappa shape index (κ1) is 9.47. The predicted molar refractivity (Wildman–Crippen MR) is 55.5 cm³/mol. The van der Waals surface area contributed by atoms with Gasteiger partial charge < -0.3 is 11.1 Å². The van der Waals surface area contributed by atoms with E-state index in [1.54, 1.807) is 0 Å². The third kappa shape index (κ3) is 1.62. The highest BCUT2D eigenvalue weighted by Gasteiger charge is 2.45. The second-order valence-corrected chi connectivity index (χ2v) is 5.45. The Morgan fingerprint density at radius 1 is 1.23 bits per heavy atom. The summed E-state index contributed by atoms with van der Waals surface area (Å²) in [6.07, 6.45) is 4.07. The second-order valence-electron chi connectivity index (χ2n) is 5.45. The molecule has 2 fully saturated rings. The van der Waals surface area contributed by atoms with Crippen LogP contribution in [0, 0.1) is 17.3 Å². The summed E-state index contributed by atoms with van der Waals surface area (Å²) in [5.41, 5.74) is 6.65. The SMILES string of the molecule is CC1CC(C)CC2(CNCC2N)C1. The van der Waals surface area contributed by atoms with Gasteiger partial charge in [0, 0.05) is 19.1 Å². The molecule has 76 valence electrons. The maximum atomic E-state index is 6.21. The Balaban J connectivity index is 2.12. The molecule has 2 heteroatoms. The molecule has 0 aromatic rings. The van der Waals surface area contributed by atoms with Gasteiger partial charge in [-0.25, -0.2) is 0 Å². The van der Waals surface area contributed by atoms with Crippen molar-refractivity contribution >= 4 is 0 Å². The summed E-state index contributed by atoms with van der Waals surface area (Å²) in [7, 11) is 0. The van der Waals surface area contributed by atoms with E-state index in [-0.39, 0.29) is 0 Å². The van der Waals surface area contributed by atoms with Crippen molar-refractivity contribution in [2.45, 2.75) is 39.2 Å². The fraction of sp³-hybridized carbons (Fsp3) is 1.00. The minimum atomic E-state index is 0.401. The van der Waals surface area contributed by atoms with Crippen LogP contribution in [0.2, 0.25) is 0 Å². The van der Waals surface area contributed by atoms with Crippen LogP contribution in [0.25, 0.3) is 0 Å². The van der Waals surface area contributed by atoms with Gasteiger partial charge in [-0.2, -0.15) is 0 Å². The summed E-state index contributed by atoms with van der Waals surface area (Å²) in [6.45, 7) is 6.94. The van der Waals surface area contributed by atoms with Crippen LogP contribution in [0.5, 0.6) is 0 Å². The molecule has 0 bridgehead atoms. The van der Waals surface area contributed by atoms with Crippen LogP contribution in [0.3, 0.4) is 0 Å². The van der Waals surface area contributed by atoms with E-state index in [9.17, 15) is 0 Å². The van der Waals surface area contributed by atoms with E-state index in [0.29, 0.717) is 11.5 Å². The molecule has 0 amide bonds. The number of hydrogen-bond donors (Lipinski definition) is 2. The van der Waals surface area contributed by atoms with Gasteiger partial charge in [-0.05, 0) is 36.5 Å². The highest BCUT2D eigenvalue weighted by molar-refractivity contribution is 5.01. The molecule has 1 aliphatic heterocycles. The number of hydrogen-bond acceptors (Lipinski definition) is 2. The molecule has 0 radical (unpaired) electrons. The van der Waals surface area contributed by atoms with Gasteiger partial charge in [0.25, 0.3) is 0 Å². The van der Waals surface area contributed by atoms with Crippen molar-refractivity contribution in [3.63, 3.8) is 0 Å². The molecule has 2 rings (SSSR count). The second kappa shape index (κ2) is 3.25. The minimum Gasteiger partial charge on any atom is -0.326 e. The lowest BCUT2D eigenvalue weighted by Crippen LogP contribution is -2.45. The van der Waals surface area contributed by atoms with Crippen LogP contribution in [0.4, 0.5) is 0 Å². The van der Waals surface area contributed by atoms with Gasteiger partial charge in [0.15, 0.2) is 0 Å². The predicted octanol–water partition coefficient (Wildman–Crippen LogP) is 1.36. The van der Waals surface area contributed by atoms with Gasteiger partial charge in [-0.3, -0.25) is 0 Å². The van der Waals surface area contributed by atoms with Crippen LogP contribution in [-0.2, 0) is 0 Å². The first-order valence-corrected chi connectivity index (χ1v) is 5.59. The molecule has 3 atom stereocenters. The average Bonchev–Trinajstić information content (AvgIpc) is 2.30. The van der Waals surface area contributed by atoms with Crippen LogP contribution in [-0.4, -0.2) is 19.1 Å². The lowest BCUT2D eigenvalue weighted by Gasteiger charge is -2.42. The van der Waals surface area contributed by atoms with E-state index >= 15 is 0 Å². The van der Waals surface area contributed by atoms with E-state index in [4.69, 9.17) is 5.73 Å². The van der Waals surface area contributed by atoms with Crippen molar-refractivity contribution < 1.29 is 0 Å². The summed E-state index contributed by atoms with van der Waals surface area (Å²) in [5.74, 6) is 1.74. The maximum Gasteiger partial charge on any atom is 0.0235 e. The zero-order chi connectivity index (χ0) is 9.47. The topological polar surface area (TPSA) is 38.0 Å². The zero-order valence-electron chi connectivity index (χ0n) is 8.84. The third-order valence-corrected chi connectivity index (χ3v) is 3.94. The fourth-order valence-electron chi connectivity index (χ4n) is 3.60. The molecule has 1 heterocycles. The number of nitrogens with two attached hydrogens (primary N) is 1. The molecule has 2 aliphatic rings. The maximum absolute atomic E-state index is 6.21. The quantitative estimate of drug-likeness (QED) is 0.593. The first-order valence-electron chi connectivity index (χ1n) is 5.59. The molecule has 0 aromatic carbocycles. The van der Waals surface area contributed by atoms with Gasteiger partial charge in [0.2, 0.25) is 0 Å². The Labute approximate surface area is 81.3 Å². The molecule has 13 heavy (non-hydrogen) atoms. The average molecular weight is 182 g/mol. The normalized spacial score (nSPS) is 51.5. The number of nitrogens with one attached hydrogen (secondary N) is 1. The molecule has 0 aromatic heterocycles. The Morgan fingerprint density at radius 2 is 1.85 bits per heavy atom. The summed E-state index contributed by atoms with van der Waals surface area (Å²) in [5, 5.41) is 3.45. The standard InChI is InChI=1S/C11H22N2/c1-8-3-9(2)5-11(4-8)7-13-6-10(11)12/h8-10,13H,3-7,12H2,1-2H3. The minimum absolute atomic E-state index is 0.401. The molecular formula is C11H22N2. The third-order valence-electron chi connectivity index (χ3n) is 3.94.